The van der Waals surface area contributed by atoms with Gasteiger partial charge < -0.3 is 14.8 Å². The molecule has 2 aliphatic heterocycles. The van der Waals surface area contributed by atoms with Gasteiger partial charge in [-0.05, 0) is 6.42 Å². The van der Waals surface area contributed by atoms with E-state index >= 15 is 0 Å². The minimum absolute atomic E-state index is 0.0798. The van der Waals surface area contributed by atoms with Crippen LogP contribution in [0, 0.1) is 11.8 Å². The molecular formula is C13H25N3O5S. The highest BCUT2D eigenvalue weighted by molar-refractivity contribution is 7.86. The van der Waals surface area contributed by atoms with Gasteiger partial charge in [-0.25, -0.2) is 0 Å². The molecule has 0 aromatic heterocycles. The molecule has 0 bridgehead atoms. The third-order valence-electron chi connectivity index (χ3n) is 4.29. The van der Waals surface area contributed by atoms with Crippen molar-refractivity contribution in [3.63, 3.8) is 0 Å². The van der Waals surface area contributed by atoms with Crippen LogP contribution in [0.25, 0.3) is 0 Å². The van der Waals surface area contributed by atoms with Gasteiger partial charge in [-0.1, -0.05) is 0 Å². The van der Waals surface area contributed by atoms with Crippen LogP contribution in [0.4, 0.5) is 0 Å². The molecule has 0 aromatic carbocycles. The highest BCUT2D eigenvalue weighted by Gasteiger charge is 2.47. The lowest BCUT2D eigenvalue weighted by Gasteiger charge is -2.39. The van der Waals surface area contributed by atoms with E-state index in [9.17, 15) is 13.2 Å². The quantitative estimate of drug-likeness (QED) is 0.622. The van der Waals surface area contributed by atoms with Crippen LogP contribution in [-0.4, -0.2) is 83.1 Å². The Morgan fingerprint density at radius 1 is 1.41 bits per heavy atom. The monoisotopic (exact) mass is 335 g/mol. The first kappa shape index (κ1) is 17.6. The molecule has 0 spiro atoms. The molecule has 0 aromatic rings. The fourth-order valence-electron chi connectivity index (χ4n) is 3.05. The molecule has 1 N–H and O–H groups in total. The number of methoxy groups -OCH3 is 1. The number of piperidine rings is 1. The molecule has 3 atom stereocenters. The van der Waals surface area contributed by atoms with E-state index in [0.29, 0.717) is 26.3 Å². The number of amides is 1. The highest BCUT2D eigenvalue weighted by Crippen LogP contribution is 2.35. The van der Waals surface area contributed by atoms with Gasteiger partial charge in [0, 0.05) is 53.4 Å². The maximum absolute atomic E-state index is 12.4. The van der Waals surface area contributed by atoms with Crippen molar-refractivity contribution < 1.29 is 22.7 Å². The number of hydrogen-bond acceptors (Lipinski definition) is 5. The number of fused-ring (bicyclic) bond motifs is 1. The minimum Gasteiger partial charge on any atom is -0.383 e. The maximum atomic E-state index is 12.4. The Kier molecular flexibility index (Phi) is 5.78. The van der Waals surface area contributed by atoms with Crippen LogP contribution < -0.4 is 5.32 Å². The molecule has 8 nitrogen and oxygen atoms in total. The van der Waals surface area contributed by atoms with Crippen LogP contribution in [0.3, 0.4) is 0 Å². The van der Waals surface area contributed by atoms with E-state index in [1.165, 1.54) is 22.7 Å². The molecule has 22 heavy (non-hydrogen) atoms. The summed E-state index contributed by atoms with van der Waals surface area (Å²) in [5.74, 6) is -0.430. The van der Waals surface area contributed by atoms with E-state index in [1.54, 1.807) is 7.11 Å². The second-order valence-electron chi connectivity index (χ2n) is 5.86. The summed E-state index contributed by atoms with van der Waals surface area (Å²) in [6.07, 6.45) is 0.588. The molecule has 0 aliphatic carbocycles. The first-order valence-corrected chi connectivity index (χ1v) is 8.83. The maximum Gasteiger partial charge on any atom is 0.281 e. The van der Waals surface area contributed by atoms with Crippen LogP contribution >= 0.6 is 0 Å². The van der Waals surface area contributed by atoms with Gasteiger partial charge in [-0.3, -0.25) is 4.79 Å². The van der Waals surface area contributed by atoms with Gasteiger partial charge in [0.05, 0.1) is 18.6 Å². The first-order valence-electron chi connectivity index (χ1n) is 7.43. The smallest absolute Gasteiger partial charge is 0.281 e. The molecule has 0 radical (unpaired) electrons. The zero-order valence-corrected chi connectivity index (χ0v) is 14.1. The van der Waals surface area contributed by atoms with Gasteiger partial charge in [-0.2, -0.15) is 17.0 Å². The fraction of sp³-hybridized carbons (Fsp3) is 0.923. The van der Waals surface area contributed by atoms with Crippen LogP contribution in [0.2, 0.25) is 0 Å². The molecule has 9 heteroatoms. The number of carbonyl (C=O) groups is 1. The Bertz CT molecular complexity index is 496. The average molecular weight is 335 g/mol. The number of nitrogens with one attached hydrogen (secondary N) is 1. The van der Waals surface area contributed by atoms with Crippen LogP contribution in [0.15, 0.2) is 0 Å². The Morgan fingerprint density at radius 2 is 2.14 bits per heavy atom. The number of nitrogens with zero attached hydrogens (tertiary/aromatic N) is 2. The van der Waals surface area contributed by atoms with Crippen molar-refractivity contribution in [1.29, 1.82) is 0 Å². The van der Waals surface area contributed by atoms with Crippen molar-refractivity contribution in [3.05, 3.63) is 0 Å². The van der Waals surface area contributed by atoms with Gasteiger partial charge in [-0.15, -0.1) is 0 Å². The van der Waals surface area contributed by atoms with Gasteiger partial charge in [0.1, 0.15) is 0 Å². The number of ether oxygens (including phenoxy) is 2. The molecule has 2 saturated heterocycles. The third kappa shape index (κ3) is 3.60. The molecule has 2 aliphatic rings. The molecule has 2 fully saturated rings. The summed E-state index contributed by atoms with van der Waals surface area (Å²) < 4.78 is 37.8. The standard InChI is InChI=1S/C13H25N3O5S/c1-15(2)22(18,19)16-8-11(13(17)14-5-7-20-3)10-4-6-21-12(10)9-16/h10-12H,4-9H2,1-3H3,(H,14,17)/t10-,11-,12+/m0/s1. The average Bonchev–Trinajstić information content (AvgIpc) is 2.94. The van der Waals surface area contributed by atoms with Crippen LogP contribution in [0.1, 0.15) is 6.42 Å². The van der Waals surface area contributed by atoms with Crippen LogP contribution in [-0.2, 0) is 24.5 Å². The molecule has 2 heterocycles. The molecule has 0 saturated carbocycles. The Labute approximate surface area is 131 Å². The predicted octanol–water partition coefficient (Wildman–Crippen LogP) is -1.11. The normalized spacial score (nSPS) is 29.5. The van der Waals surface area contributed by atoms with Crippen molar-refractivity contribution in [2.75, 3.05) is 54.1 Å². The minimum atomic E-state index is -3.55. The highest BCUT2D eigenvalue weighted by atomic mass is 32.2. The van der Waals surface area contributed by atoms with E-state index < -0.39 is 10.2 Å². The summed E-state index contributed by atoms with van der Waals surface area (Å²) in [5, 5.41) is 2.81. The second-order valence-corrected chi connectivity index (χ2v) is 8.00. The SMILES string of the molecule is COCCNC(=O)[C@H]1CN(S(=O)(=O)N(C)C)C[C@H]2OCC[C@@H]12. The molecule has 2 rings (SSSR count). The van der Waals surface area contributed by atoms with E-state index in [0.717, 1.165) is 6.42 Å². The number of rotatable bonds is 6. The van der Waals surface area contributed by atoms with E-state index in [2.05, 4.69) is 5.32 Å². The van der Waals surface area contributed by atoms with Gasteiger partial charge in [0.25, 0.3) is 10.2 Å². The second kappa shape index (κ2) is 7.22. The van der Waals surface area contributed by atoms with Crippen molar-refractivity contribution in [3.8, 4) is 0 Å². The van der Waals surface area contributed by atoms with E-state index in [4.69, 9.17) is 9.47 Å². The Morgan fingerprint density at radius 3 is 2.77 bits per heavy atom. The summed E-state index contributed by atoms with van der Waals surface area (Å²) in [5.41, 5.74) is 0. The number of hydrogen-bond donors (Lipinski definition) is 1. The van der Waals surface area contributed by atoms with Gasteiger partial charge in [0.2, 0.25) is 5.91 Å². The van der Waals surface area contributed by atoms with Crippen molar-refractivity contribution in [1.82, 2.24) is 13.9 Å². The summed E-state index contributed by atoms with van der Waals surface area (Å²) >= 11 is 0. The summed E-state index contributed by atoms with van der Waals surface area (Å²) in [4.78, 5) is 12.4. The summed E-state index contributed by atoms with van der Waals surface area (Å²) in [6, 6.07) is 0. The zero-order chi connectivity index (χ0) is 16.3. The van der Waals surface area contributed by atoms with E-state index in [-0.39, 0.29) is 30.4 Å². The molecule has 0 unspecified atom stereocenters. The Hall–Kier alpha value is -0.740. The topological polar surface area (TPSA) is 88.2 Å². The van der Waals surface area contributed by atoms with Crippen LogP contribution in [0.5, 0.6) is 0 Å². The lowest BCUT2D eigenvalue weighted by atomic mass is 9.83. The van der Waals surface area contributed by atoms with Crippen molar-refractivity contribution >= 4 is 16.1 Å². The van der Waals surface area contributed by atoms with Gasteiger partial charge in [0.15, 0.2) is 0 Å². The number of carbonyl (C=O) groups excluding carboxylic acids is 1. The summed E-state index contributed by atoms with van der Waals surface area (Å²) in [6.45, 7) is 1.94. The zero-order valence-electron chi connectivity index (χ0n) is 13.3. The van der Waals surface area contributed by atoms with Gasteiger partial charge >= 0.3 is 0 Å². The fourth-order valence-corrected chi connectivity index (χ4v) is 4.19. The van der Waals surface area contributed by atoms with E-state index in [1.807, 2.05) is 0 Å². The predicted molar refractivity (Wildman–Crippen MR) is 80.4 cm³/mol. The lowest BCUT2D eigenvalue weighted by Crippen LogP contribution is -2.56. The van der Waals surface area contributed by atoms with Crippen molar-refractivity contribution in [2.45, 2.75) is 12.5 Å². The first-order chi connectivity index (χ1) is 10.4. The third-order valence-corrected chi connectivity index (χ3v) is 6.16. The largest absolute Gasteiger partial charge is 0.383 e. The lowest BCUT2D eigenvalue weighted by molar-refractivity contribution is -0.129. The molecular weight excluding hydrogens is 310 g/mol. The summed E-state index contributed by atoms with van der Waals surface area (Å²) in [7, 11) is 1.00. The molecule has 1 amide bonds. The molecule has 128 valence electrons. The Balaban J connectivity index is 2.11. The van der Waals surface area contributed by atoms with Crippen molar-refractivity contribution in [2.24, 2.45) is 11.8 Å².